The summed E-state index contributed by atoms with van der Waals surface area (Å²) in [4.78, 5) is 26.9. The molecule has 1 aromatic carbocycles. The van der Waals surface area contributed by atoms with Crippen LogP contribution < -0.4 is 5.56 Å². The highest BCUT2D eigenvalue weighted by atomic mass is 16.5. The minimum absolute atomic E-state index is 0.0167. The van der Waals surface area contributed by atoms with Crippen LogP contribution in [0.5, 0.6) is 0 Å². The first kappa shape index (κ1) is 17.4. The monoisotopic (exact) mass is 340 g/mol. The SMILES string of the molecule is COCCn1cc(C(=O)N2CCCC2c2ccccc2C)ccc1=O. The molecule has 5 heteroatoms. The predicted molar refractivity (Wildman–Crippen MR) is 96.8 cm³/mol. The lowest BCUT2D eigenvalue weighted by Gasteiger charge is -2.26. The number of carbonyl (C=O) groups is 1. The molecule has 1 atom stereocenters. The van der Waals surface area contributed by atoms with Crippen LogP contribution in [0.3, 0.4) is 0 Å². The van der Waals surface area contributed by atoms with E-state index in [4.69, 9.17) is 4.74 Å². The van der Waals surface area contributed by atoms with Crippen LogP contribution in [0.15, 0.2) is 47.4 Å². The van der Waals surface area contributed by atoms with E-state index in [0.717, 1.165) is 19.4 Å². The van der Waals surface area contributed by atoms with Crippen molar-refractivity contribution in [2.75, 3.05) is 20.3 Å². The molecule has 0 spiro atoms. The zero-order valence-electron chi connectivity index (χ0n) is 14.8. The number of pyridine rings is 1. The van der Waals surface area contributed by atoms with E-state index < -0.39 is 0 Å². The van der Waals surface area contributed by atoms with Gasteiger partial charge in [0.2, 0.25) is 0 Å². The smallest absolute Gasteiger partial charge is 0.255 e. The Bertz CT molecular complexity index is 813. The van der Waals surface area contributed by atoms with Gasteiger partial charge < -0.3 is 14.2 Å². The third-order valence-electron chi connectivity index (χ3n) is 4.83. The number of hydrogen-bond donors (Lipinski definition) is 0. The number of rotatable bonds is 5. The molecular weight excluding hydrogens is 316 g/mol. The van der Waals surface area contributed by atoms with Gasteiger partial charge in [0.25, 0.3) is 11.5 Å². The largest absolute Gasteiger partial charge is 0.383 e. The third kappa shape index (κ3) is 3.66. The fourth-order valence-electron chi connectivity index (χ4n) is 3.48. The molecule has 25 heavy (non-hydrogen) atoms. The van der Waals surface area contributed by atoms with Gasteiger partial charge in [0.15, 0.2) is 0 Å². The van der Waals surface area contributed by atoms with Crippen molar-refractivity contribution in [3.63, 3.8) is 0 Å². The van der Waals surface area contributed by atoms with Gasteiger partial charge in [0, 0.05) is 32.5 Å². The van der Waals surface area contributed by atoms with Gasteiger partial charge >= 0.3 is 0 Å². The lowest BCUT2D eigenvalue weighted by atomic mass is 9.99. The Hall–Kier alpha value is -2.40. The molecule has 132 valence electrons. The van der Waals surface area contributed by atoms with Gasteiger partial charge in [-0.2, -0.15) is 0 Å². The first-order chi connectivity index (χ1) is 12.1. The van der Waals surface area contributed by atoms with Gasteiger partial charge in [0.05, 0.1) is 18.2 Å². The number of hydrogen-bond acceptors (Lipinski definition) is 3. The topological polar surface area (TPSA) is 51.5 Å². The number of amides is 1. The van der Waals surface area contributed by atoms with Gasteiger partial charge in [-0.05, 0) is 37.0 Å². The molecule has 0 radical (unpaired) electrons. The minimum atomic E-state index is -0.120. The van der Waals surface area contributed by atoms with E-state index in [1.807, 2.05) is 17.0 Å². The average Bonchev–Trinajstić information content (AvgIpc) is 3.10. The van der Waals surface area contributed by atoms with Crippen molar-refractivity contribution in [1.82, 2.24) is 9.47 Å². The molecule has 1 fully saturated rings. The normalized spacial score (nSPS) is 17.0. The van der Waals surface area contributed by atoms with E-state index in [0.29, 0.717) is 18.7 Å². The fraction of sp³-hybridized carbons (Fsp3) is 0.400. The summed E-state index contributed by atoms with van der Waals surface area (Å²) in [6, 6.07) is 11.4. The number of carbonyl (C=O) groups excluding carboxylic acids is 1. The molecule has 0 saturated carbocycles. The highest BCUT2D eigenvalue weighted by Gasteiger charge is 2.31. The van der Waals surface area contributed by atoms with E-state index in [9.17, 15) is 9.59 Å². The van der Waals surface area contributed by atoms with Crippen LogP contribution >= 0.6 is 0 Å². The van der Waals surface area contributed by atoms with Gasteiger partial charge in [-0.15, -0.1) is 0 Å². The zero-order chi connectivity index (χ0) is 17.8. The molecule has 2 aromatic rings. The van der Waals surface area contributed by atoms with E-state index in [-0.39, 0.29) is 17.5 Å². The molecule has 1 unspecified atom stereocenters. The Balaban J connectivity index is 1.87. The molecule has 0 aliphatic carbocycles. The summed E-state index contributed by atoms with van der Waals surface area (Å²) >= 11 is 0. The molecule has 1 aromatic heterocycles. The first-order valence-electron chi connectivity index (χ1n) is 8.67. The Morgan fingerprint density at radius 3 is 2.80 bits per heavy atom. The highest BCUT2D eigenvalue weighted by molar-refractivity contribution is 5.94. The number of methoxy groups -OCH3 is 1. The minimum Gasteiger partial charge on any atom is -0.383 e. The average molecular weight is 340 g/mol. The van der Waals surface area contributed by atoms with Gasteiger partial charge in [0.1, 0.15) is 0 Å². The van der Waals surface area contributed by atoms with Crippen LogP contribution in [0.25, 0.3) is 0 Å². The zero-order valence-corrected chi connectivity index (χ0v) is 14.8. The second kappa shape index (κ2) is 7.66. The van der Waals surface area contributed by atoms with Crippen LogP contribution in [0, 0.1) is 6.92 Å². The summed E-state index contributed by atoms with van der Waals surface area (Å²) in [5.41, 5.74) is 2.85. The summed E-state index contributed by atoms with van der Waals surface area (Å²) in [6.07, 6.45) is 3.62. The second-order valence-electron chi connectivity index (χ2n) is 6.46. The van der Waals surface area contributed by atoms with Crippen LogP contribution in [0.2, 0.25) is 0 Å². The number of likely N-dealkylation sites (tertiary alicyclic amines) is 1. The quantitative estimate of drug-likeness (QED) is 0.841. The van der Waals surface area contributed by atoms with Gasteiger partial charge in [-0.3, -0.25) is 9.59 Å². The molecule has 2 heterocycles. The fourth-order valence-corrected chi connectivity index (χ4v) is 3.48. The van der Waals surface area contributed by atoms with Crippen molar-refractivity contribution >= 4 is 5.91 Å². The molecule has 1 saturated heterocycles. The summed E-state index contributed by atoms with van der Waals surface area (Å²) < 4.78 is 6.57. The van der Waals surface area contributed by atoms with Crippen molar-refractivity contribution in [1.29, 1.82) is 0 Å². The Morgan fingerprint density at radius 2 is 2.04 bits per heavy atom. The molecule has 1 aliphatic heterocycles. The van der Waals surface area contributed by atoms with Gasteiger partial charge in [-0.1, -0.05) is 24.3 Å². The van der Waals surface area contributed by atoms with E-state index >= 15 is 0 Å². The summed E-state index contributed by atoms with van der Waals surface area (Å²) in [6.45, 7) is 3.71. The number of ether oxygens (including phenoxy) is 1. The van der Waals surface area contributed by atoms with E-state index in [1.54, 1.807) is 19.4 Å². The van der Waals surface area contributed by atoms with Crippen molar-refractivity contribution in [3.05, 3.63) is 69.6 Å². The van der Waals surface area contributed by atoms with Crippen LogP contribution in [0.1, 0.15) is 40.4 Å². The lowest BCUT2D eigenvalue weighted by Crippen LogP contribution is -2.32. The number of benzene rings is 1. The number of aromatic nitrogens is 1. The number of aryl methyl sites for hydroxylation is 1. The van der Waals surface area contributed by atoms with Crippen molar-refractivity contribution in [3.8, 4) is 0 Å². The molecule has 0 N–H and O–H groups in total. The molecule has 0 bridgehead atoms. The first-order valence-corrected chi connectivity index (χ1v) is 8.67. The summed E-state index contributed by atoms with van der Waals surface area (Å²) in [5, 5.41) is 0. The van der Waals surface area contributed by atoms with Gasteiger partial charge in [-0.25, -0.2) is 0 Å². The van der Waals surface area contributed by atoms with Crippen LogP contribution in [-0.2, 0) is 11.3 Å². The standard InChI is InChI=1S/C20H24N2O3/c1-15-6-3-4-7-17(15)18-8-5-11-22(18)20(24)16-9-10-19(23)21(14-16)12-13-25-2/h3-4,6-7,9-10,14,18H,5,8,11-13H2,1-2H3. The molecule has 5 nitrogen and oxygen atoms in total. The number of nitrogens with zero attached hydrogens (tertiary/aromatic N) is 2. The molecular formula is C20H24N2O3. The maximum absolute atomic E-state index is 13.1. The maximum Gasteiger partial charge on any atom is 0.255 e. The Morgan fingerprint density at radius 1 is 1.24 bits per heavy atom. The van der Waals surface area contributed by atoms with Crippen molar-refractivity contribution in [2.24, 2.45) is 0 Å². The molecule has 1 aliphatic rings. The summed E-state index contributed by atoms with van der Waals surface area (Å²) in [7, 11) is 1.59. The Kier molecular flexibility index (Phi) is 5.34. The predicted octanol–water partition coefficient (Wildman–Crippen LogP) is 2.78. The third-order valence-corrected chi connectivity index (χ3v) is 4.83. The van der Waals surface area contributed by atoms with Crippen molar-refractivity contribution in [2.45, 2.75) is 32.4 Å². The van der Waals surface area contributed by atoms with E-state index in [1.165, 1.54) is 21.8 Å². The van der Waals surface area contributed by atoms with Crippen molar-refractivity contribution < 1.29 is 9.53 Å². The summed E-state index contributed by atoms with van der Waals surface area (Å²) in [5.74, 6) is -0.0167. The highest BCUT2D eigenvalue weighted by Crippen LogP contribution is 2.34. The Labute approximate surface area is 147 Å². The molecule has 3 rings (SSSR count). The second-order valence-corrected chi connectivity index (χ2v) is 6.46. The van der Waals surface area contributed by atoms with Crippen LogP contribution in [0.4, 0.5) is 0 Å². The van der Waals surface area contributed by atoms with Crippen LogP contribution in [-0.4, -0.2) is 35.6 Å². The molecule has 1 amide bonds. The lowest BCUT2D eigenvalue weighted by molar-refractivity contribution is 0.0734. The van der Waals surface area contributed by atoms with E-state index in [2.05, 4.69) is 19.1 Å². The maximum atomic E-state index is 13.1.